The molecule has 3 N–H and O–H groups in total. The van der Waals surface area contributed by atoms with E-state index in [2.05, 4.69) is 81.4 Å². The van der Waals surface area contributed by atoms with E-state index in [1.807, 2.05) is 19.3 Å². The lowest BCUT2D eigenvalue weighted by molar-refractivity contribution is 0.792. The van der Waals surface area contributed by atoms with Crippen molar-refractivity contribution in [2.75, 3.05) is 12.4 Å². The van der Waals surface area contributed by atoms with Crippen molar-refractivity contribution in [2.24, 2.45) is 0 Å². The molecule has 0 aliphatic carbocycles. The largest absolute Gasteiger partial charge is 0.361 e. The minimum Gasteiger partial charge on any atom is -0.361 e. The molecule has 0 saturated carbocycles. The smallest absolute Gasteiger partial charge is 0.0562 e. The first kappa shape index (κ1) is 18.3. The number of hydrogen-bond donors (Lipinski definition) is 3. The van der Waals surface area contributed by atoms with Crippen LogP contribution in [0.5, 0.6) is 0 Å². The van der Waals surface area contributed by atoms with Gasteiger partial charge >= 0.3 is 0 Å². The van der Waals surface area contributed by atoms with Crippen LogP contribution >= 0.6 is 0 Å². The van der Waals surface area contributed by atoms with Crippen LogP contribution in [0.25, 0.3) is 10.9 Å². The van der Waals surface area contributed by atoms with Gasteiger partial charge in [-0.1, -0.05) is 30.3 Å². The van der Waals surface area contributed by atoms with Gasteiger partial charge in [-0.2, -0.15) is 0 Å². The molecular formula is C24H26N4. The van der Waals surface area contributed by atoms with Crippen LogP contribution in [0.15, 0.2) is 73.1 Å². The second-order valence-electron chi connectivity index (χ2n) is 7.10. The molecule has 0 radical (unpaired) electrons. The van der Waals surface area contributed by atoms with Gasteiger partial charge in [-0.3, -0.25) is 4.98 Å². The van der Waals surface area contributed by atoms with Crippen molar-refractivity contribution in [3.63, 3.8) is 0 Å². The van der Waals surface area contributed by atoms with Gasteiger partial charge in [0.2, 0.25) is 0 Å². The zero-order valence-electron chi connectivity index (χ0n) is 16.2. The second-order valence-corrected chi connectivity index (χ2v) is 7.10. The molecule has 0 amide bonds. The van der Waals surface area contributed by atoms with Crippen molar-refractivity contribution < 1.29 is 0 Å². The molecule has 0 fully saturated rings. The summed E-state index contributed by atoms with van der Waals surface area (Å²) in [6, 6.07) is 21.3. The fraction of sp³-hybridized carbons (Fsp3) is 0.208. The Morgan fingerprint density at radius 3 is 2.64 bits per heavy atom. The molecule has 0 atom stereocenters. The van der Waals surface area contributed by atoms with Gasteiger partial charge in [0.25, 0.3) is 0 Å². The Morgan fingerprint density at radius 1 is 0.929 bits per heavy atom. The third-order valence-corrected chi connectivity index (χ3v) is 5.00. The number of hydrogen-bond acceptors (Lipinski definition) is 3. The Balaban J connectivity index is 1.32. The van der Waals surface area contributed by atoms with Gasteiger partial charge in [0.1, 0.15) is 0 Å². The van der Waals surface area contributed by atoms with E-state index in [1.165, 1.54) is 22.0 Å². The van der Waals surface area contributed by atoms with Gasteiger partial charge in [-0.15, -0.1) is 0 Å². The first-order valence-corrected chi connectivity index (χ1v) is 9.82. The molecule has 0 spiro atoms. The highest BCUT2D eigenvalue weighted by atomic mass is 14.9. The Hall–Kier alpha value is -3.11. The molecule has 4 aromatic rings. The van der Waals surface area contributed by atoms with E-state index in [4.69, 9.17) is 0 Å². The summed E-state index contributed by atoms with van der Waals surface area (Å²) in [5.41, 5.74) is 7.19. The molecule has 0 saturated heterocycles. The molecule has 0 unspecified atom stereocenters. The SMILES string of the molecule is CNCc1cc(Nc2ccc(CCCc3c[nH]c4ccccc34)cc2)ccn1. The van der Waals surface area contributed by atoms with Gasteiger partial charge in [0, 0.05) is 41.2 Å². The molecule has 4 rings (SSSR count). The summed E-state index contributed by atoms with van der Waals surface area (Å²) in [5.74, 6) is 0. The van der Waals surface area contributed by atoms with E-state index in [-0.39, 0.29) is 0 Å². The Bertz CT molecular complexity index is 1030. The number of aryl methyl sites for hydroxylation is 2. The minimum absolute atomic E-state index is 0.769. The Kier molecular flexibility index (Phi) is 5.69. The lowest BCUT2D eigenvalue weighted by atomic mass is 10.0. The van der Waals surface area contributed by atoms with Gasteiger partial charge < -0.3 is 15.6 Å². The summed E-state index contributed by atoms with van der Waals surface area (Å²) >= 11 is 0. The predicted molar refractivity (Wildman–Crippen MR) is 117 cm³/mol. The van der Waals surface area contributed by atoms with Crippen molar-refractivity contribution in [3.05, 3.63) is 89.9 Å². The number of aromatic nitrogens is 2. The number of H-pyrrole nitrogens is 1. The molecule has 4 heteroatoms. The second kappa shape index (κ2) is 8.72. The Labute approximate surface area is 166 Å². The number of nitrogens with zero attached hydrogens (tertiary/aromatic N) is 1. The minimum atomic E-state index is 0.769. The fourth-order valence-corrected chi connectivity index (χ4v) is 3.58. The number of nitrogens with one attached hydrogen (secondary N) is 3. The van der Waals surface area contributed by atoms with Crippen molar-refractivity contribution in [3.8, 4) is 0 Å². The third kappa shape index (κ3) is 4.41. The Morgan fingerprint density at radius 2 is 1.79 bits per heavy atom. The number of fused-ring (bicyclic) bond motifs is 1. The van der Waals surface area contributed by atoms with Crippen LogP contribution in [0.4, 0.5) is 11.4 Å². The standard InChI is InChI=1S/C24H26N4/c1-25-17-22-15-21(13-14-26-22)28-20-11-9-18(10-12-20)5-4-6-19-16-27-24-8-3-2-7-23(19)24/h2-3,7-16,25,27H,4-6,17H2,1H3,(H,26,28). The number of anilines is 2. The first-order valence-electron chi connectivity index (χ1n) is 9.82. The number of aromatic amines is 1. The van der Waals surface area contributed by atoms with Crippen molar-refractivity contribution in [1.29, 1.82) is 0 Å². The average Bonchev–Trinajstić information content (AvgIpc) is 3.13. The zero-order chi connectivity index (χ0) is 19.2. The molecule has 2 aromatic heterocycles. The number of pyridine rings is 1. The maximum atomic E-state index is 4.35. The summed E-state index contributed by atoms with van der Waals surface area (Å²) in [7, 11) is 1.93. The maximum Gasteiger partial charge on any atom is 0.0562 e. The molecule has 28 heavy (non-hydrogen) atoms. The predicted octanol–water partition coefficient (Wildman–Crippen LogP) is 5.20. The van der Waals surface area contributed by atoms with Crippen LogP contribution in [0.1, 0.15) is 23.2 Å². The molecule has 142 valence electrons. The van der Waals surface area contributed by atoms with E-state index in [1.54, 1.807) is 0 Å². The van der Waals surface area contributed by atoms with E-state index < -0.39 is 0 Å². The number of rotatable bonds is 8. The lowest BCUT2D eigenvalue weighted by Gasteiger charge is -2.09. The monoisotopic (exact) mass is 370 g/mol. The van der Waals surface area contributed by atoms with E-state index in [0.717, 1.165) is 42.9 Å². The quantitative estimate of drug-likeness (QED) is 0.399. The van der Waals surface area contributed by atoms with Gasteiger partial charge in [-0.25, -0.2) is 0 Å². The fourth-order valence-electron chi connectivity index (χ4n) is 3.58. The van der Waals surface area contributed by atoms with Crippen LogP contribution in [0, 0.1) is 0 Å². The highest BCUT2D eigenvalue weighted by Crippen LogP contribution is 2.21. The van der Waals surface area contributed by atoms with Crippen molar-refractivity contribution >= 4 is 22.3 Å². The van der Waals surface area contributed by atoms with Gasteiger partial charge in [-0.05, 0) is 67.8 Å². The molecular weight excluding hydrogens is 344 g/mol. The van der Waals surface area contributed by atoms with Gasteiger partial charge in [0.05, 0.1) is 5.69 Å². The summed E-state index contributed by atoms with van der Waals surface area (Å²) in [4.78, 5) is 7.72. The molecule has 0 aliphatic heterocycles. The van der Waals surface area contributed by atoms with Crippen LogP contribution in [-0.4, -0.2) is 17.0 Å². The van der Waals surface area contributed by atoms with Crippen molar-refractivity contribution in [2.45, 2.75) is 25.8 Å². The topological polar surface area (TPSA) is 52.7 Å². The van der Waals surface area contributed by atoms with Crippen LogP contribution in [-0.2, 0) is 19.4 Å². The highest BCUT2D eigenvalue weighted by Gasteiger charge is 2.03. The van der Waals surface area contributed by atoms with Gasteiger partial charge in [0.15, 0.2) is 0 Å². The summed E-state index contributed by atoms with van der Waals surface area (Å²) < 4.78 is 0. The zero-order valence-corrected chi connectivity index (χ0v) is 16.2. The van der Waals surface area contributed by atoms with Crippen LogP contribution in [0.3, 0.4) is 0 Å². The normalized spacial score (nSPS) is 11.0. The van der Waals surface area contributed by atoms with Crippen LogP contribution in [0.2, 0.25) is 0 Å². The van der Waals surface area contributed by atoms with E-state index >= 15 is 0 Å². The molecule has 0 aliphatic rings. The van der Waals surface area contributed by atoms with E-state index in [9.17, 15) is 0 Å². The van der Waals surface area contributed by atoms with Crippen LogP contribution < -0.4 is 10.6 Å². The summed E-state index contributed by atoms with van der Waals surface area (Å²) in [6.45, 7) is 0.769. The summed E-state index contributed by atoms with van der Waals surface area (Å²) in [5, 5.41) is 7.93. The van der Waals surface area contributed by atoms with E-state index in [0.29, 0.717) is 0 Å². The lowest BCUT2D eigenvalue weighted by Crippen LogP contribution is -2.07. The highest BCUT2D eigenvalue weighted by molar-refractivity contribution is 5.83. The third-order valence-electron chi connectivity index (χ3n) is 5.00. The molecule has 2 heterocycles. The number of para-hydroxylation sites is 1. The maximum absolute atomic E-state index is 4.35. The molecule has 0 bridgehead atoms. The summed E-state index contributed by atoms with van der Waals surface area (Å²) in [6.07, 6.45) is 7.31. The first-order chi connectivity index (χ1) is 13.8. The number of benzene rings is 2. The van der Waals surface area contributed by atoms with Crippen molar-refractivity contribution in [1.82, 2.24) is 15.3 Å². The molecule has 2 aromatic carbocycles. The molecule has 4 nitrogen and oxygen atoms in total. The average molecular weight is 370 g/mol.